The predicted molar refractivity (Wildman–Crippen MR) is 71.5 cm³/mol. The van der Waals surface area contributed by atoms with Gasteiger partial charge in [-0.1, -0.05) is 0 Å². The van der Waals surface area contributed by atoms with Crippen LogP contribution in [0.5, 0.6) is 0 Å². The van der Waals surface area contributed by atoms with Crippen LogP contribution in [-0.4, -0.2) is 51.3 Å². The first-order valence-corrected chi connectivity index (χ1v) is 7.64. The van der Waals surface area contributed by atoms with Crippen molar-refractivity contribution in [3.63, 3.8) is 0 Å². The van der Waals surface area contributed by atoms with Gasteiger partial charge in [0.05, 0.1) is 14.4 Å². The molecule has 130 valence electrons. The van der Waals surface area contributed by atoms with Crippen LogP contribution in [0.25, 0.3) is 0 Å². The number of anilines is 3. The molecule has 0 amide bonds. The molecule has 1 aromatic rings. The molecule has 0 saturated carbocycles. The molecule has 0 aromatic carbocycles. The summed E-state index contributed by atoms with van der Waals surface area (Å²) in [7, 11) is -5.26. The van der Waals surface area contributed by atoms with E-state index >= 15 is 0 Å². The molecule has 0 bridgehead atoms. The van der Waals surface area contributed by atoms with Gasteiger partial charge in [0.25, 0.3) is 5.56 Å². The largest absolute Gasteiger partial charge is 0.790 e. The highest BCUT2D eigenvalue weighted by Gasteiger charge is 2.43. The van der Waals surface area contributed by atoms with Crippen LogP contribution < -0.4 is 32.1 Å². The van der Waals surface area contributed by atoms with Crippen molar-refractivity contribution in [3.8, 4) is 0 Å². The maximum absolute atomic E-state index is 11.4. The number of aromatic nitrogens is 2. The van der Waals surface area contributed by atoms with Crippen molar-refractivity contribution in [1.29, 1.82) is 0 Å². The van der Waals surface area contributed by atoms with Crippen LogP contribution in [0.4, 0.5) is 17.5 Å². The van der Waals surface area contributed by atoms with Crippen LogP contribution in [-0.2, 0) is 13.8 Å². The Morgan fingerprint density at radius 2 is 2.04 bits per heavy atom. The fraction of sp³-hybridized carbons (Fsp3) is 0.556. The highest BCUT2D eigenvalue weighted by molar-refractivity contribution is 7.43. The van der Waals surface area contributed by atoms with Gasteiger partial charge in [0.2, 0.25) is 5.95 Å². The summed E-state index contributed by atoms with van der Waals surface area (Å²) >= 11 is 0. The number of aromatic amines is 1. The Morgan fingerprint density at radius 1 is 1.39 bits per heavy atom. The summed E-state index contributed by atoms with van der Waals surface area (Å²) in [6.07, 6.45) is -5.70. The van der Waals surface area contributed by atoms with Crippen LogP contribution in [0, 0.1) is 0 Å². The summed E-state index contributed by atoms with van der Waals surface area (Å²) < 4.78 is 19.6. The van der Waals surface area contributed by atoms with Gasteiger partial charge in [-0.3, -0.25) is 9.78 Å². The number of hydrogen-bond donors (Lipinski definition) is 6. The minimum absolute atomic E-state index is 0.206. The van der Waals surface area contributed by atoms with E-state index in [1.54, 1.807) is 0 Å². The molecule has 13 nitrogen and oxygen atoms in total. The quantitative estimate of drug-likeness (QED) is 0.276. The summed E-state index contributed by atoms with van der Waals surface area (Å²) in [6.45, 7) is -0.791. The highest BCUT2D eigenvalue weighted by atomic mass is 31.2. The lowest BCUT2D eigenvalue weighted by Gasteiger charge is -2.30. The number of aliphatic hydroxyl groups excluding tert-OH is 2. The Bertz CT molecular complexity index is 676. The maximum atomic E-state index is 11.4. The van der Waals surface area contributed by atoms with E-state index in [0.29, 0.717) is 0 Å². The molecule has 0 radical (unpaired) electrons. The Hall–Kier alpha value is -1.73. The summed E-state index contributed by atoms with van der Waals surface area (Å²) in [4.78, 5) is 38.1. The van der Waals surface area contributed by atoms with E-state index in [4.69, 9.17) is 16.2 Å². The number of rotatable bonds is 5. The van der Waals surface area contributed by atoms with Crippen LogP contribution in [0.1, 0.15) is 0 Å². The maximum Gasteiger partial charge on any atom is 0.277 e. The predicted octanol–water partition coefficient (Wildman–Crippen LogP) is -4.36. The third-order valence-corrected chi connectivity index (χ3v) is 3.48. The average Bonchev–Trinajstić information content (AvgIpc) is 2.69. The summed E-state index contributed by atoms with van der Waals surface area (Å²) in [6, 6.07) is 0. The molecular formula is C9H14N5O8P-2. The standard InChI is InChI=1S/C9H16N5O8P/c10-3-6(13-9(11)14-7(3)17)12-8-5(16)4(15)2(22-8)1-21-23(18,19)20/h2,4-5,8,15-16H,1,10H2,(H2,18,19,20)(H4,11,12,13,14,17)/p-2/t2-,4-,5-,8-/m1/s1. The molecular weight excluding hydrogens is 337 g/mol. The minimum Gasteiger partial charge on any atom is -0.790 e. The number of phosphoric acid groups is 1. The molecule has 1 saturated heterocycles. The molecule has 1 fully saturated rings. The normalized spacial score (nSPS) is 28.0. The first kappa shape index (κ1) is 17.6. The van der Waals surface area contributed by atoms with Crippen LogP contribution in [0.15, 0.2) is 4.79 Å². The van der Waals surface area contributed by atoms with Crippen LogP contribution in [0.3, 0.4) is 0 Å². The number of nitrogens with one attached hydrogen (secondary N) is 2. The zero-order chi connectivity index (χ0) is 17.4. The number of H-pyrrole nitrogens is 1. The van der Waals surface area contributed by atoms with E-state index in [9.17, 15) is 29.4 Å². The second-order valence-corrected chi connectivity index (χ2v) is 5.83. The Balaban J connectivity index is 2.10. The van der Waals surface area contributed by atoms with Gasteiger partial charge in [-0.25, -0.2) is 0 Å². The van der Waals surface area contributed by atoms with Crippen molar-refractivity contribution in [1.82, 2.24) is 9.97 Å². The zero-order valence-corrected chi connectivity index (χ0v) is 12.3. The minimum atomic E-state index is -5.26. The Kier molecular flexibility index (Phi) is 4.91. The van der Waals surface area contributed by atoms with E-state index in [2.05, 4.69) is 19.8 Å². The molecule has 0 spiro atoms. The molecule has 4 atom stereocenters. The molecule has 8 N–H and O–H groups in total. The fourth-order valence-electron chi connectivity index (χ4n) is 1.91. The second kappa shape index (κ2) is 6.41. The first-order valence-electron chi connectivity index (χ1n) is 6.18. The number of aliphatic hydroxyl groups is 2. The van der Waals surface area contributed by atoms with Gasteiger partial charge in [-0.15, -0.1) is 0 Å². The van der Waals surface area contributed by atoms with Gasteiger partial charge in [0, 0.05) is 0 Å². The number of phosphoric ester groups is 1. The van der Waals surface area contributed by atoms with Crippen molar-refractivity contribution in [2.75, 3.05) is 23.4 Å². The molecule has 2 rings (SSSR count). The summed E-state index contributed by atoms with van der Waals surface area (Å²) in [5.74, 6) is -0.458. The SMILES string of the molecule is Nc1nc(N[C@@H]2O[C@H](COP(=O)([O-])[O-])[C@@H](O)[C@H]2O)c(N)c(=O)[nH]1. The van der Waals surface area contributed by atoms with Crippen molar-refractivity contribution in [2.24, 2.45) is 0 Å². The van der Waals surface area contributed by atoms with E-state index in [1.165, 1.54) is 0 Å². The van der Waals surface area contributed by atoms with Crippen LogP contribution in [0.2, 0.25) is 0 Å². The Morgan fingerprint density at radius 3 is 2.65 bits per heavy atom. The zero-order valence-electron chi connectivity index (χ0n) is 11.4. The van der Waals surface area contributed by atoms with Crippen LogP contribution >= 0.6 is 7.82 Å². The number of nitrogen functional groups attached to an aromatic ring is 2. The van der Waals surface area contributed by atoms with Gasteiger partial charge < -0.3 is 50.6 Å². The highest BCUT2D eigenvalue weighted by Crippen LogP contribution is 2.29. The third kappa shape index (κ3) is 4.17. The van der Waals surface area contributed by atoms with Gasteiger partial charge in [0.15, 0.2) is 12.0 Å². The number of hydrogen-bond acceptors (Lipinski definition) is 12. The smallest absolute Gasteiger partial charge is 0.277 e. The second-order valence-electron chi connectivity index (χ2n) is 4.68. The monoisotopic (exact) mass is 351 g/mol. The Labute approximate surface area is 128 Å². The topological polar surface area (TPSA) is 232 Å². The lowest BCUT2D eigenvalue weighted by molar-refractivity contribution is -0.343. The van der Waals surface area contributed by atoms with Gasteiger partial charge >= 0.3 is 0 Å². The lowest BCUT2D eigenvalue weighted by atomic mass is 10.1. The average molecular weight is 351 g/mol. The first-order chi connectivity index (χ1) is 10.6. The van der Waals surface area contributed by atoms with E-state index < -0.39 is 44.5 Å². The molecule has 0 aliphatic carbocycles. The molecule has 23 heavy (non-hydrogen) atoms. The van der Waals surface area contributed by atoms with E-state index in [-0.39, 0.29) is 17.5 Å². The number of nitrogens with two attached hydrogens (primary N) is 2. The van der Waals surface area contributed by atoms with Gasteiger partial charge in [-0.2, -0.15) is 4.98 Å². The van der Waals surface area contributed by atoms with E-state index in [0.717, 1.165) is 0 Å². The molecule has 1 aliphatic heterocycles. The molecule has 14 heteroatoms. The van der Waals surface area contributed by atoms with Crippen molar-refractivity contribution < 1.29 is 33.8 Å². The molecule has 2 heterocycles. The molecule has 1 aliphatic rings. The summed E-state index contributed by atoms with van der Waals surface area (Å²) in [5, 5.41) is 22.0. The molecule has 0 unspecified atom stereocenters. The van der Waals surface area contributed by atoms with Crippen molar-refractivity contribution >= 4 is 25.3 Å². The van der Waals surface area contributed by atoms with Gasteiger partial charge in [-0.05, 0) is 0 Å². The molecule has 1 aromatic heterocycles. The van der Waals surface area contributed by atoms with Gasteiger partial charge in [0.1, 0.15) is 24.0 Å². The lowest BCUT2D eigenvalue weighted by Crippen LogP contribution is -2.37. The number of ether oxygens (including phenoxy) is 1. The number of nitrogens with zero attached hydrogens (tertiary/aromatic N) is 1. The summed E-state index contributed by atoms with van der Waals surface area (Å²) in [5.41, 5.74) is 9.77. The van der Waals surface area contributed by atoms with Crippen molar-refractivity contribution in [3.05, 3.63) is 10.4 Å². The van der Waals surface area contributed by atoms with Crippen molar-refractivity contribution in [2.45, 2.75) is 24.5 Å². The van der Waals surface area contributed by atoms with E-state index in [1.807, 2.05) is 0 Å². The third-order valence-electron chi connectivity index (χ3n) is 3.01. The fourth-order valence-corrected chi connectivity index (χ4v) is 2.24.